The number of nitrogens with zero attached hydrogens (tertiary/aromatic N) is 1. The number of aromatic nitrogens is 2. The van der Waals surface area contributed by atoms with Gasteiger partial charge in [-0.25, -0.2) is 4.79 Å². The van der Waals surface area contributed by atoms with Crippen LogP contribution in [0.1, 0.15) is 6.92 Å². The van der Waals surface area contributed by atoms with Crippen LogP contribution < -0.4 is 11.0 Å². The molecule has 1 aromatic rings. The molecule has 1 aromatic heterocycles. The van der Waals surface area contributed by atoms with Crippen molar-refractivity contribution in [2.24, 2.45) is 0 Å². The number of allylic oxidation sites excluding steroid dienone is 4. The van der Waals surface area contributed by atoms with Crippen LogP contribution in [0.2, 0.25) is 0 Å². The molecule has 7 heteroatoms. The molecule has 0 amide bonds. The summed E-state index contributed by atoms with van der Waals surface area (Å²) in [6.45, 7) is 5.78. The highest BCUT2D eigenvalue weighted by Crippen LogP contribution is 2.15. The highest BCUT2D eigenvalue weighted by Gasteiger charge is 2.13. The Hall–Kier alpha value is -2.70. The average Bonchev–Trinajstić information content (AvgIpc) is 2.82. The molecule has 0 spiro atoms. The standard InChI is InChI=1S/C16H19BN2O4/c1-5-6-12(8-19-9-14(17)15(20)18-19)7-11(2)13(10-22-3)16(21)23-4/h5-7,9-10H,1,8H2,2-4H3,(H,18,20)/b11-7+,12-6+,13-10+. The third-order valence-electron chi connectivity index (χ3n) is 2.95. The van der Waals surface area contributed by atoms with Gasteiger partial charge in [0.25, 0.3) is 5.56 Å². The molecule has 0 aliphatic carbocycles. The molecule has 0 aliphatic rings. The molecule has 1 rings (SSSR count). The maximum Gasteiger partial charge on any atom is 0.341 e. The Labute approximate surface area is 136 Å². The molecular formula is C16H19BN2O4. The Bertz CT molecular complexity index is 723. The molecule has 23 heavy (non-hydrogen) atoms. The summed E-state index contributed by atoms with van der Waals surface area (Å²) >= 11 is 0. The van der Waals surface area contributed by atoms with Crippen LogP contribution in [0.4, 0.5) is 0 Å². The molecule has 1 N–H and O–H groups in total. The van der Waals surface area contributed by atoms with Crippen molar-refractivity contribution in [2.45, 2.75) is 13.5 Å². The van der Waals surface area contributed by atoms with E-state index in [4.69, 9.17) is 17.3 Å². The van der Waals surface area contributed by atoms with E-state index < -0.39 is 5.97 Å². The number of aromatic amines is 1. The number of hydrogen-bond acceptors (Lipinski definition) is 4. The molecule has 0 unspecified atom stereocenters. The fraction of sp³-hybridized carbons (Fsp3) is 0.250. The summed E-state index contributed by atoms with van der Waals surface area (Å²) < 4.78 is 11.2. The second-order valence-corrected chi connectivity index (χ2v) is 4.72. The van der Waals surface area contributed by atoms with Gasteiger partial charge in [-0.15, -0.1) is 0 Å². The van der Waals surface area contributed by atoms with E-state index in [-0.39, 0.29) is 11.0 Å². The van der Waals surface area contributed by atoms with Gasteiger partial charge in [0.1, 0.15) is 7.85 Å². The van der Waals surface area contributed by atoms with E-state index in [1.165, 1.54) is 26.7 Å². The van der Waals surface area contributed by atoms with E-state index in [1.54, 1.807) is 29.8 Å². The van der Waals surface area contributed by atoms with Gasteiger partial charge in [-0.05, 0) is 23.5 Å². The van der Waals surface area contributed by atoms with Crippen LogP contribution in [-0.4, -0.2) is 37.8 Å². The summed E-state index contributed by atoms with van der Waals surface area (Å²) in [6, 6.07) is 0. The van der Waals surface area contributed by atoms with E-state index in [9.17, 15) is 9.59 Å². The summed E-state index contributed by atoms with van der Waals surface area (Å²) in [5.74, 6) is -0.503. The van der Waals surface area contributed by atoms with Gasteiger partial charge < -0.3 is 9.47 Å². The predicted molar refractivity (Wildman–Crippen MR) is 89.6 cm³/mol. The highest BCUT2D eigenvalue weighted by molar-refractivity contribution is 6.31. The van der Waals surface area contributed by atoms with E-state index >= 15 is 0 Å². The van der Waals surface area contributed by atoms with Gasteiger partial charge in [-0.1, -0.05) is 24.8 Å². The molecule has 120 valence electrons. The van der Waals surface area contributed by atoms with Gasteiger partial charge in [0.05, 0.1) is 32.6 Å². The first-order valence-electron chi connectivity index (χ1n) is 6.79. The van der Waals surface area contributed by atoms with Crippen LogP contribution in [-0.2, 0) is 20.8 Å². The Morgan fingerprint density at radius 2 is 2.17 bits per heavy atom. The van der Waals surface area contributed by atoms with Crippen LogP contribution in [0.15, 0.2) is 58.8 Å². The molecule has 6 nitrogen and oxygen atoms in total. The third-order valence-corrected chi connectivity index (χ3v) is 2.95. The van der Waals surface area contributed by atoms with Crippen LogP contribution in [0.3, 0.4) is 0 Å². The topological polar surface area (TPSA) is 73.3 Å². The maximum absolute atomic E-state index is 11.8. The number of esters is 1. The minimum absolute atomic E-state index is 0.137. The van der Waals surface area contributed by atoms with Gasteiger partial charge in [0, 0.05) is 6.20 Å². The predicted octanol–water partition coefficient (Wildman–Crippen LogP) is 0.732. The van der Waals surface area contributed by atoms with Crippen LogP contribution in [0.25, 0.3) is 0 Å². The van der Waals surface area contributed by atoms with E-state index in [0.29, 0.717) is 17.7 Å². The smallest absolute Gasteiger partial charge is 0.341 e. The SMILES string of the molecule is [B]c1cn(CC(=C/C=C)/C=C(C)/C(=C\OC)C(=O)OC)[nH]c1=O. The summed E-state index contributed by atoms with van der Waals surface area (Å²) in [7, 11) is 8.28. The van der Waals surface area contributed by atoms with Crippen LogP contribution >= 0.6 is 0 Å². The number of hydrogen-bond donors (Lipinski definition) is 1. The monoisotopic (exact) mass is 314 g/mol. The number of H-pyrrole nitrogens is 1. The number of carbonyl (C=O) groups is 1. The van der Waals surface area contributed by atoms with Crippen molar-refractivity contribution in [3.63, 3.8) is 0 Å². The quantitative estimate of drug-likeness (QED) is 0.265. The summed E-state index contributed by atoms with van der Waals surface area (Å²) in [5, 5.41) is 2.60. The van der Waals surface area contributed by atoms with Gasteiger partial charge in [-0.3, -0.25) is 14.6 Å². The van der Waals surface area contributed by atoms with Crippen molar-refractivity contribution in [3.05, 3.63) is 64.3 Å². The minimum Gasteiger partial charge on any atom is -0.503 e. The van der Waals surface area contributed by atoms with Gasteiger partial charge >= 0.3 is 5.97 Å². The van der Waals surface area contributed by atoms with Crippen LogP contribution in [0.5, 0.6) is 0 Å². The lowest BCUT2D eigenvalue weighted by atomic mass is 10.0. The number of carbonyl (C=O) groups excluding carboxylic acids is 1. The second-order valence-electron chi connectivity index (χ2n) is 4.72. The molecule has 2 radical (unpaired) electrons. The number of nitrogens with one attached hydrogen (secondary N) is 1. The molecule has 0 atom stereocenters. The fourth-order valence-electron chi connectivity index (χ4n) is 1.92. The van der Waals surface area contributed by atoms with Crippen molar-refractivity contribution < 1.29 is 14.3 Å². The lowest BCUT2D eigenvalue weighted by Gasteiger charge is -2.08. The summed E-state index contributed by atoms with van der Waals surface area (Å²) in [5.41, 5.74) is 1.53. The molecular weight excluding hydrogens is 295 g/mol. The summed E-state index contributed by atoms with van der Waals surface area (Å²) in [4.78, 5) is 23.1. The zero-order valence-corrected chi connectivity index (χ0v) is 13.5. The minimum atomic E-state index is -0.503. The lowest BCUT2D eigenvalue weighted by Crippen LogP contribution is -2.20. The number of methoxy groups -OCH3 is 2. The van der Waals surface area contributed by atoms with Crippen LogP contribution in [0, 0.1) is 0 Å². The van der Waals surface area contributed by atoms with Crippen molar-refractivity contribution in [2.75, 3.05) is 14.2 Å². The molecule has 0 aromatic carbocycles. The molecule has 0 bridgehead atoms. The maximum atomic E-state index is 11.8. The van der Waals surface area contributed by atoms with E-state index in [2.05, 4.69) is 11.7 Å². The molecule has 0 saturated heterocycles. The lowest BCUT2D eigenvalue weighted by molar-refractivity contribution is -0.135. The van der Waals surface area contributed by atoms with E-state index in [0.717, 1.165) is 5.57 Å². The molecule has 0 saturated carbocycles. The first-order chi connectivity index (χ1) is 10.9. The van der Waals surface area contributed by atoms with Crippen molar-refractivity contribution in [3.8, 4) is 0 Å². The van der Waals surface area contributed by atoms with Crippen molar-refractivity contribution >= 4 is 19.3 Å². The first kappa shape index (κ1) is 18.4. The zero-order chi connectivity index (χ0) is 17.4. The Morgan fingerprint density at radius 1 is 1.48 bits per heavy atom. The van der Waals surface area contributed by atoms with Crippen molar-refractivity contribution in [1.82, 2.24) is 9.78 Å². The van der Waals surface area contributed by atoms with E-state index in [1.807, 2.05) is 0 Å². The zero-order valence-electron chi connectivity index (χ0n) is 13.5. The third kappa shape index (κ3) is 5.21. The average molecular weight is 314 g/mol. The summed E-state index contributed by atoms with van der Waals surface area (Å²) in [6.07, 6.45) is 7.98. The number of rotatable bonds is 7. The molecule has 0 fully saturated rings. The normalized spacial score (nSPS) is 12.9. The van der Waals surface area contributed by atoms with Gasteiger partial charge in [-0.2, -0.15) is 0 Å². The van der Waals surface area contributed by atoms with Gasteiger partial charge in [0.15, 0.2) is 0 Å². The molecule has 1 heterocycles. The Balaban J connectivity index is 3.12. The largest absolute Gasteiger partial charge is 0.503 e. The Morgan fingerprint density at radius 3 is 2.65 bits per heavy atom. The number of ether oxygens (including phenoxy) is 2. The highest BCUT2D eigenvalue weighted by atomic mass is 16.5. The molecule has 0 aliphatic heterocycles. The fourth-order valence-corrected chi connectivity index (χ4v) is 1.92. The first-order valence-corrected chi connectivity index (χ1v) is 6.79. The Kier molecular flexibility index (Phi) is 6.92. The van der Waals surface area contributed by atoms with Gasteiger partial charge in [0.2, 0.25) is 0 Å². The second kappa shape index (κ2) is 8.68. The van der Waals surface area contributed by atoms with Crippen molar-refractivity contribution in [1.29, 1.82) is 0 Å².